The van der Waals surface area contributed by atoms with Gasteiger partial charge in [-0.3, -0.25) is 4.79 Å². The van der Waals surface area contributed by atoms with Crippen LogP contribution in [0.15, 0.2) is 59.4 Å². The van der Waals surface area contributed by atoms with E-state index in [1.54, 1.807) is 17.4 Å². The van der Waals surface area contributed by atoms with Gasteiger partial charge in [-0.2, -0.15) is 23.3 Å². The first kappa shape index (κ1) is 18.1. The number of rotatable bonds is 2. The Hall–Kier alpha value is -2.94. The van der Waals surface area contributed by atoms with Crippen LogP contribution in [0.3, 0.4) is 0 Å². The summed E-state index contributed by atoms with van der Waals surface area (Å²) in [6.45, 7) is 0. The fourth-order valence-electron chi connectivity index (χ4n) is 4.16. The minimum Gasteiger partial charge on any atom is -0.328 e. The number of ketones is 1. The zero-order valence-corrected chi connectivity index (χ0v) is 15.8. The van der Waals surface area contributed by atoms with E-state index in [-0.39, 0.29) is 23.7 Å². The van der Waals surface area contributed by atoms with Gasteiger partial charge in [0.25, 0.3) is 0 Å². The maximum Gasteiger partial charge on any atom is 0.416 e. The molecule has 0 amide bonds. The third-order valence-corrected chi connectivity index (χ3v) is 6.40. The molecule has 5 nitrogen and oxygen atoms in total. The summed E-state index contributed by atoms with van der Waals surface area (Å²) in [5.74, 6) is 0.173. The summed E-state index contributed by atoms with van der Waals surface area (Å²) in [7, 11) is 0. The lowest BCUT2D eigenvalue weighted by atomic mass is 9.79. The van der Waals surface area contributed by atoms with Gasteiger partial charge in [0, 0.05) is 28.5 Å². The standard InChI is InChI=1S/C20H15F3N4OS/c21-20(22,23)13-5-2-1-4-12(13)18-17-14(26-19-24-10-25-27(18)19)8-11(9-15(17)28)16-6-3-7-29-16/h1-7,10-11,18H,8-9H2,(H,24,25,26)/t11-,18+/m1/s1. The number of nitrogens with one attached hydrogen (secondary N) is 1. The number of nitrogens with zero attached hydrogens (tertiary/aromatic N) is 3. The van der Waals surface area contributed by atoms with Crippen LogP contribution >= 0.6 is 11.3 Å². The number of hydrogen-bond donors (Lipinski definition) is 1. The molecule has 0 unspecified atom stereocenters. The summed E-state index contributed by atoms with van der Waals surface area (Å²) in [6, 6.07) is 8.30. The molecule has 9 heteroatoms. The number of aromatic nitrogens is 3. The maximum atomic E-state index is 13.7. The van der Waals surface area contributed by atoms with Gasteiger partial charge < -0.3 is 5.32 Å². The van der Waals surface area contributed by atoms with Crippen LogP contribution in [-0.4, -0.2) is 20.5 Å². The van der Waals surface area contributed by atoms with E-state index in [2.05, 4.69) is 15.4 Å². The van der Waals surface area contributed by atoms with Crippen LogP contribution in [0, 0.1) is 0 Å². The molecule has 0 fully saturated rings. The fourth-order valence-corrected chi connectivity index (χ4v) is 4.99. The van der Waals surface area contributed by atoms with E-state index in [0.717, 1.165) is 10.9 Å². The highest BCUT2D eigenvalue weighted by Crippen LogP contribution is 2.46. The lowest BCUT2D eigenvalue weighted by Gasteiger charge is -2.35. The van der Waals surface area contributed by atoms with Gasteiger partial charge in [-0.25, -0.2) is 4.68 Å². The van der Waals surface area contributed by atoms with Crippen molar-refractivity contribution in [2.75, 3.05) is 5.32 Å². The van der Waals surface area contributed by atoms with Crippen LogP contribution in [0.4, 0.5) is 19.1 Å². The summed E-state index contributed by atoms with van der Waals surface area (Å²) >= 11 is 1.58. The number of halogens is 3. The SMILES string of the molecule is O=C1C[C@H](c2cccs2)CC2=C1[C@H](c1ccccc1C(F)(F)F)n1ncnc1N2. The molecule has 0 radical (unpaired) electrons. The number of anilines is 1. The van der Waals surface area contributed by atoms with E-state index >= 15 is 0 Å². The largest absolute Gasteiger partial charge is 0.416 e. The smallest absolute Gasteiger partial charge is 0.328 e. The zero-order valence-electron chi connectivity index (χ0n) is 15.0. The summed E-state index contributed by atoms with van der Waals surface area (Å²) < 4.78 is 42.5. The topological polar surface area (TPSA) is 59.8 Å². The first-order valence-electron chi connectivity index (χ1n) is 9.06. The first-order valence-corrected chi connectivity index (χ1v) is 9.93. The van der Waals surface area contributed by atoms with Crippen molar-refractivity contribution in [1.29, 1.82) is 0 Å². The number of carbonyl (C=O) groups excluding carboxylic acids is 1. The molecule has 0 saturated heterocycles. The number of carbonyl (C=O) groups is 1. The van der Waals surface area contributed by atoms with Crippen LogP contribution in [0.25, 0.3) is 0 Å². The Morgan fingerprint density at radius 2 is 1.97 bits per heavy atom. The zero-order chi connectivity index (χ0) is 20.2. The Labute approximate surface area is 167 Å². The van der Waals surface area contributed by atoms with Gasteiger partial charge in [0.15, 0.2) is 5.78 Å². The third-order valence-electron chi connectivity index (χ3n) is 5.37. The minimum absolute atomic E-state index is 0.00160. The number of benzene rings is 1. The van der Waals surface area contributed by atoms with Crippen molar-refractivity contribution in [1.82, 2.24) is 14.8 Å². The van der Waals surface area contributed by atoms with Gasteiger partial charge in [0.1, 0.15) is 12.4 Å². The van der Waals surface area contributed by atoms with Gasteiger partial charge in [0.2, 0.25) is 5.95 Å². The summed E-state index contributed by atoms with van der Waals surface area (Å²) in [5, 5.41) is 9.21. The average molecular weight is 416 g/mol. The third kappa shape index (κ3) is 2.96. The van der Waals surface area contributed by atoms with E-state index in [4.69, 9.17) is 0 Å². The Bertz CT molecular complexity index is 1120. The number of thiophene rings is 1. The molecule has 2 atom stereocenters. The molecule has 0 bridgehead atoms. The molecule has 5 rings (SSSR count). The fraction of sp³-hybridized carbons (Fsp3) is 0.250. The number of alkyl halides is 3. The van der Waals surface area contributed by atoms with Crippen molar-refractivity contribution < 1.29 is 18.0 Å². The van der Waals surface area contributed by atoms with Crippen molar-refractivity contribution in [3.05, 3.63) is 75.4 Å². The van der Waals surface area contributed by atoms with E-state index in [0.29, 0.717) is 23.6 Å². The molecule has 3 aromatic rings. The molecular weight excluding hydrogens is 401 g/mol. The van der Waals surface area contributed by atoms with Crippen molar-refractivity contribution in [2.24, 2.45) is 0 Å². The molecule has 1 aliphatic carbocycles. The molecule has 29 heavy (non-hydrogen) atoms. The molecule has 1 aliphatic heterocycles. The molecule has 148 valence electrons. The van der Waals surface area contributed by atoms with Gasteiger partial charge in [-0.15, -0.1) is 11.3 Å². The summed E-state index contributed by atoms with van der Waals surface area (Å²) in [4.78, 5) is 18.4. The van der Waals surface area contributed by atoms with Crippen LogP contribution < -0.4 is 5.32 Å². The first-order chi connectivity index (χ1) is 13.9. The van der Waals surface area contributed by atoms with Crippen molar-refractivity contribution in [3.8, 4) is 0 Å². The molecule has 0 saturated carbocycles. The van der Waals surface area contributed by atoms with Crippen molar-refractivity contribution in [3.63, 3.8) is 0 Å². The minimum atomic E-state index is -4.54. The second-order valence-electron chi connectivity index (χ2n) is 7.08. The van der Waals surface area contributed by atoms with Gasteiger partial charge >= 0.3 is 6.18 Å². The highest BCUT2D eigenvalue weighted by Gasteiger charge is 2.43. The maximum absolute atomic E-state index is 13.7. The normalized spacial score (nSPS) is 21.6. The van der Waals surface area contributed by atoms with Crippen LogP contribution in [-0.2, 0) is 11.0 Å². The predicted molar refractivity (Wildman–Crippen MR) is 102 cm³/mol. The van der Waals surface area contributed by atoms with Gasteiger partial charge in [-0.05, 0) is 29.5 Å². The summed E-state index contributed by atoms with van der Waals surface area (Å²) in [6.07, 6.45) is -2.46. The Kier molecular flexibility index (Phi) is 4.09. The average Bonchev–Trinajstić information content (AvgIpc) is 3.37. The van der Waals surface area contributed by atoms with E-state index in [9.17, 15) is 18.0 Å². The van der Waals surface area contributed by atoms with Crippen LogP contribution in [0.1, 0.15) is 40.8 Å². The van der Waals surface area contributed by atoms with Crippen molar-refractivity contribution in [2.45, 2.75) is 31.0 Å². The molecular formula is C20H15F3N4OS. The molecule has 1 N–H and O–H groups in total. The molecule has 3 heterocycles. The van der Waals surface area contributed by atoms with Crippen molar-refractivity contribution >= 4 is 23.1 Å². The Balaban J connectivity index is 1.67. The molecule has 2 aliphatic rings. The Morgan fingerprint density at radius 1 is 1.14 bits per heavy atom. The quantitative estimate of drug-likeness (QED) is 0.654. The highest BCUT2D eigenvalue weighted by atomic mass is 32.1. The van der Waals surface area contributed by atoms with Gasteiger partial charge in [0.05, 0.1) is 5.56 Å². The van der Waals surface area contributed by atoms with Crippen LogP contribution in [0.5, 0.6) is 0 Å². The van der Waals surface area contributed by atoms with E-state index in [1.165, 1.54) is 23.1 Å². The van der Waals surface area contributed by atoms with Crippen LogP contribution in [0.2, 0.25) is 0 Å². The number of allylic oxidation sites excluding steroid dienone is 2. The number of Topliss-reactive ketones (excluding diaryl/α,β-unsaturated/α-hetero) is 1. The van der Waals surface area contributed by atoms with Gasteiger partial charge in [-0.1, -0.05) is 24.3 Å². The highest BCUT2D eigenvalue weighted by molar-refractivity contribution is 7.10. The number of hydrogen-bond acceptors (Lipinski definition) is 5. The molecule has 2 aromatic heterocycles. The lowest BCUT2D eigenvalue weighted by Crippen LogP contribution is -2.34. The molecule has 0 spiro atoms. The second-order valence-corrected chi connectivity index (χ2v) is 8.06. The van der Waals surface area contributed by atoms with E-state index < -0.39 is 17.8 Å². The summed E-state index contributed by atoms with van der Waals surface area (Å²) in [5.41, 5.74) is 0.201. The van der Waals surface area contributed by atoms with E-state index in [1.807, 2.05) is 17.5 Å². The lowest BCUT2D eigenvalue weighted by molar-refractivity contribution is -0.138. The monoisotopic (exact) mass is 416 g/mol. The Morgan fingerprint density at radius 3 is 2.72 bits per heavy atom. The number of fused-ring (bicyclic) bond motifs is 1. The predicted octanol–water partition coefficient (Wildman–Crippen LogP) is 4.77. The molecule has 1 aromatic carbocycles. The second kappa shape index (κ2) is 6.55.